The van der Waals surface area contributed by atoms with E-state index in [9.17, 15) is 68.1 Å². The lowest BCUT2D eigenvalue weighted by atomic mass is 9.96. The van der Waals surface area contributed by atoms with Crippen LogP contribution >= 0.6 is 0 Å². The predicted molar refractivity (Wildman–Crippen MR) is 362 cm³/mol. The molecule has 0 saturated carbocycles. The van der Waals surface area contributed by atoms with Crippen molar-refractivity contribution in [2.75, 3.05) is 31.6 Å². The number of amides is 9. The molecule has 0 spiro atoms. The molecule has 0 aliphatic carbocycles. The number of aliphatic carboxylic acids is 2. The van der Waals surface area contributed by atoms with Crippen molar-refractivity contribution in [2.24, 2.45) is 39.8 Å². The maximum atomic E-state index is 14.7. The summed E-state index contributed by atoms with van der Waals surface area (Å²) in [7, 11) is 0. The second-order valence-electron chi connectivity index (χ2n) is 24.2. The van der Waals surface area contributed by atoms with Crippen LogP contribution in [0.4, 0.5) is 5.69 Å². The number of hydrogen-bond donors (Lipinski definition) is 15. The minimum atomic E-state index is -1.85. The number of nitrogens with zero attached hydrogens (tertiary/aromatic N) is 2. The zero-order chi connectivity index (χ0) is 71.1. The van der Waals surface area contributed by atoms with Crippen LogP contribution in [0.15, 0.2) is 114 Å². The van der Waals surface area contributed by atoms with Gasteiger partial charge in [0.25, 0.3) is 5.91 Å². The van der Waals surface area contributed by atoms with Gasteiger partial charge in [-0.05, 0) is 111 Å². The van der Waals surface area contributed by atoms with Crippen LogP contribution in [-0.2, 0) is 60.8 Å². The average molecular weight is 1340 g/mol. The number of carbonyl (C=O) groups is 11. The van der Waals surface area contributed by atoms with Crippen molar-refractivity contribution in [1.29, 1.82) is 0 Å². The zero-order valence-electron chi connectivity index (χ0n) is 55.1. The average Bonchev–Trinajstić information content (AvgIpc) is 1.75. The Morgan fingerprint density at radius 2 is 1.18 bits per heavy atom. The topological polar surface area (TPSA) is 464 Å². The third-order valence-corrected chi connectivity index (χ3v) is 16.1. The van der Waals surface area contributed by atoms with Gasteiger partial charge in [-0.25, -0.2) is 4.79 Å². The molecule has 1 aliphatic rings. The first-order valence-electron chi connectivity index (χ1n) is 32.4. The van der Waals surface area contributed by atoms with Crippen molar-refractivity contribution in [3.8, 4) is 11.8 Å². The van der Waals surface area contributed by atoms with E-state index in [1.54, 1.807) is 137 Å². The molecule has 1 aliphatic heterocycles. The Kier molecular flexibility index (Phi) is 31.6. The standard InChI is InChI=1S/C69H92N14O14/c1-5-42(4)58(66(94)76-50(28-17-33-74-69(72)73)60(88)77-51(68(96)97)27-14-15-32-70)82-64(92)54(38-44-21-10-7-11-22-44)79-61(89)52(35-41(2)3)78-63(91)55(39-57(85)86)80-62(90)53(37-43-19-8-6-9-20-43)81-65(93)56-29-18-34-83(56)67(95)47-25-16-23-45(36-47)30-31-46-24-12-13-26-49(46)75-59(87)48(71)40-84/h6-13,16,19-26,36,41-42,48,50-56,58,84H,5,14-15,17-18,27-29,32-35,37-40,70-71H2,1-4H3,(H,75,87)(H,76,94)(H,77,88)(H,78,91)(H,79,89)(H,80,90)(H,81,93)(H,82,92)(H,85,86)(H,96,97)(H4,72,73,74)/t42-,48-,50-,51-,52-,53-,54-,55-,56-,58-/m0/s1. The molecule has 0 unspecified atom stereocenters. The van der Waals surface area contributed by atoms with E-state index in [0.717, 1.165) is 0 Å². The van der Waals surface area contributed by atoms with Crippen LogP contribution in [0.2, 0.25) is 0 Å². The first-order valence-corrected chi connectivity index (χ1v) is 32.4. The highest BCUT2D eigenvalue weighted by atomic mass is 16.4. The number of carboxylic acid groups (broad SMARTS) is 2. The minimum Gasteiger partial charge on any atom is -0.481 e. The number of nitrogens with one attached hydrogen (secondary N) is 8. The second kappa shape index (κ2) is 39.6. The summed E-state index contributed by atoms with van der Waals surface area (Å²) in [5.41, 5.74) is 24.9. The molecule has 522 valence electrons. The number of rotatable bonds is 37. The lowest BCUT2D eigenvalue weighted by molar-refractivity contribution is -0.142. The Labute approximate surface area is 564 Å². The number of hydrogen-bond acceptors (Lipinski definition) is 15. The minimum absolute atomic E-state index is 0.0452. The van der Waals surface area contributed by atoms with E-state index in [0.29, 0.717) is 60.2 Å². The van der Waals surface area contributed by atoms with Crippen LogP contribution in [0.3, 0.4) is 0 Å². The van der Waals surface area contributed by atoms with Crippen LogP contribution in [0, 0.1) is 23.7 Å². The van der Waals surface area contributed by atoms with Gasteiger partial charge in [0.05, 0.1) is 18.7 Å². The molecule has 28 nitrogen and oxygen atoms in total. The smallest absolute Gasteiger partial charge is 0.326 e. The zero-order valence-corrected chi connectivity index (χ0v) is 55.1. The monoisotopic (exact) mass is 1340 g/mol. The highest BCUT2D eigenvalue weighted by Gasteiger charge is 2.39. The third kappa shape index (κ3) is 25.4. The van der Waals surface area contributed by atoms with Gasteiger partial charge in [0.15, 0.2) is 5.96 Å². The van der Waals surface area contributed by atoms with E-state index >= 15 is 0 Å². The molecule has 10 atom stereocenters. The van der Waals surface area contributed by atoms with Crippen LogP contribution < -0.4 is 65.5 Å². The Bertz CT molecular complexity index is 3450. The molecule has 1 fully saturated rings. The van der Waals surface area contributed by atoms with E-state index < -0.39 is 138 Å². The largest absolute Gasteiger partial charge is 0.481 e. The predicted octanol–water partition coefficient (Wildman–Crippen LogP) is 0.662. The fraction of sp³-hybridized carbons (Fsp3) is 0.449. The van der Waals surface area contributed by atoms with E-state index in [-0.39, 0.29) is 75.5 Å². The number of aliphatic hydroxyl groups is 1. The number of guanidine groups is 1. The van der Waals surface area contributed by atoms with Gasteiger partial charge in [-0.3, -0.25) is 52.9 Å². The van der Waals surface area contributed by atoms with Crippen molar-refractivity contribution in [2.45, 2.75) is 159 Å². The molecule has 4 aromatic carbocycles. The van der Waals surface area contributed by atoms with Crippen molar-refractivity contribution in [3.05, 3.63) is 137 Å². The second-order valence-corrected chi connectivity index (χ2v) is 24.2. The number of aliphatic hydroxyl groups excluding tert-OH is 1. The van der Waals surface area contributed by atoms with Crippen LogP contribution in [0.1, 0.15) is 125 Å². The molecule has 97 heavy (non-hydrogen) atoms. The summed E-state index contributed by atoms with van der Waals surface area (Å²) < 4.78 is 0. The molecule has 4 aromatic rings. The lowest BCUT2D eigenvalue weighted by Crippen LogP contribution is -2.61. The van der Waals surface area contributed by atoms with E-state index in [1.165, 1.54) is 4.90 Å². The first kappa shape index (κ1) is 77.5. The Morgan fingerprint density at radius 3 is 1.78 bits per heavy atom. The van der Waals surface area contributed by atoms with Crippen LogP contribution in [0.5, 0.6) is 0 Å². The Balaban J connectivity index is 1.37. The number of para-hydroxylation sites is 1. The highest BCUT2D eigenvalue weighted by molar-refractivity contribution is 6.01. The summed E-state index contributed by atoms with van der Waals surface area (Å²) in [4.78, 5) is 158. The molecule has 0 aromatic heterocycles. The lowest BCUT2D eigenvalue weighted by Gasteiger charge is -2.30. The molecule has 28 heteroatoms. The number of nitrogens with two attached hydrogens (primary N) is 4. The van der Waals surface area contributed by atoms with Gasteiger partial charge < -0.3 is 85.7 Å². The van der Waals surface area contributed by atoms with E-state index in [4.69, 9.17) is 22.9 Å². The van der Waals surface area contributed by atoms with Crippen molar-refractivity contribution < 1.29 is 68.1 Å². The van der Waals surface area contributed by atoms with Gasteiger partial charge in [-0.2, -0.15) is 0 Å². The molecule has 0 bridgehead atoms. The van der Waals surface area contributed by atoms with Gasteiger partial charge in [0.2, 0.25) is 47.3 Å². The number of carbonyl (C=O) groups excluding carboxylic acids is 9. The van der Waals surface area contributed by atoms with E-state index in [1.807, 2.05) is 0 Å². The van der Waals surface area contributed by atoms with Crippen LogP contribution in [-0.4, -0.2) is 172 Å². The first-order chi connectivity index (χ1) is 46.3. The summed E-state index contributed by atoms with van der Waals surface area (Å²) in [5.74, 6) is -5.19. The fourth-order valence-electron chi connectivity index (χ4n) is 10.6. The number of anilines is 1. The molecule has 1 heterocycles. The number of carboxylic acids is 2. The van der Waals surface area contributed by atoms with Crippen molar-refractivity contribution >= 4 is 76.8 Å². The summed E-state index contributed by atoms with van der Waals surface area (Å²) in [5, 5.41) is 50.6. The number of benzene rings is 4. The molecule has 1 saturated heterocycles. The Hall–Kier alpha value is -10.2. The molecular formula is C69H92N14O14. The number of aliphatic imine (C=N–C) groups is 1. The molecule has 5 rings (SSSR count). The SMILES string of the molecule is CC[C@H](C)[C@H](NC(=O)[C@H](Cc1ccccc1)NC(=O)[C@H](CC(C)C)NC(=O)[C@H](CC(=O)O)NC(=O)[C@H](Cc1ccccc1)NC(=O)[C@@H]1CCCN1C(=O)c1cccc(C#Cc2ccccc2NC(=O)[C@@H](N)CO)c1)C(=O)N[C@@H](CCCN=C(N)N)C(=O)N[C@@H](CCCCN)C(=O)O. The number of unbranched alkanes of at least 4 members (excludes halogenated alkanes) is 1. The van der Waals surface area contributed by atoms with Gasteiger partial charge in [0.1, 0.15) is 54.4 Å². The quantitative estimate of drug-likeness (QED) is 0.0128. The molecule has 0 radical (unpaired) electrons. The van der Waals surface area contributed by atoms with Crippen molar-refractivity contribution in [1.82, 2.24) is 42.1 Å². The maximum absolute atomic E-state index is 14.7. The maximum Gasteiger partial charge on any atom is 0.326 e. The van der Waals surface area contributed by atoms with Gasteiger partial charge in [-0.15, -0.1) is 0 Å². The molecule has 9 amide bonds. The third-order valence-electron chi connectivity index (χ3n) is 16.1. The van der Waals surface area contributed by atoms with Gasteiger partial charge in [-0.1, -0.05) is 125 Å². The summed E-state index contributed by atoms with van der Waals surface area (Å²) in [6, 6.07) is 17.8. The van der Waals surface area contributed by atoms with Gasteiger partial charge >= 0.3 is 11.9 Å². The molecule has 19 N–H and O–H groups in total. The van der Waals surface area contributed by atoms with Crippen LogP contribution in [0.25, 0.3) is 0 Å². The fourth-order valence-corrected chi connectivity index (χ4v) is 10.6. The number of likely N-dealkylation sites (tertiary alicyclic amines) is 1. The van der Waals surface area contributed by atoms with E-state index in [2.05, 4.69) is 59.4 Å². The highest BCUT2D eigenvalue weighted by Crippen LogP contribution is 2.23. The summed E-state index contributed by atoms with van der Waals surface area (Å²) in [6.07, 6.45) is 0.711. The summed E-state index contributed by atoms with van der Waals surface area (Å²) in [6.45, 7) is 6.92. The van der Waals surface area contributed by atoms with Crippen molar-refractivity contribution in [3.63, 3.8) is 0 Å². The molecular weight excluding hydrogens is 1250 g/mol. The normalized spacial score (nSPS) is 15.3. The Morgan fingerprint density at radius 1 is 0.619 bits per heavy atom. The summed E-state index contributed by atoms with van der Waals surface area (Å²) >= 11 is 0. The van der Waals surface area contributed by atoms with Gasteiger partial charge in [0, 0.05) is 42.6 Å².